The quantitative estimate of drug-likeness (QED) is 0.696. The molecular weight excluding hydrogens is 408 g/mol. The minimum absolute atomic E-state index is 0.0536. The van der Waals surface area contributed by atoms with Gasteiger partial charge >= 0.3 is 0 Å². The minimum atomic E-state index is -2.98. The van der Waals surface area contributed by atoms with Crippen LogP contribution in [-0.2, 0) is 4.79 Å². The maximum absolute atomic E-state index is 14.5. The first-order chi connectivity index (χ1) is 14.8. The van der Waals surface area contributed by atoms with Gasteiger partial charge in [0.1, 0.15) is 11.6 Å². The Morgan fingerprint density at radius 1 is 1.35 bits per heavy atom. The van der Waals surface area contributed by atoms with Crippen LogP contribution in [0.2, 0.25) is 0 Å². The topological polar surface area (TPSA) is 100 Å². The Kier molecular flexibility index (Phi) is 5.99. The SMILES string of the molecule is CC(C(=O)Nc1ccc(OCC2CC2)cn1)N1CCC(F)(F)[C@@H](c2c[nH]c(=O)cn2)C1. The van der Waals surface area contributed by atoms with Crippen LogP contribution in [0, 0.1) is 5.92 Å². The largest absolute Gasteiger partial charge is 0.492 e. The van der Waals surface area contributed by atoms with Gasteiger partial charge in [0.15, 0.2) is 0 Å². The van der Waals surface area contributed by atoms with Gasteiger partial charge in [0.2, 0.25) is 5.91 Å². The molecule has 31 heavy (non-hydrogen) atoms. The van der Waals surface area contributed by atoms with E-state index in [0.717, 1.165) is 6.20 Å². The number of carbonyl (C=O) groups excluding carboxylic acids is 1. The molecule has 0 spiro atoms. The summed E-state index contributed by atoms with van der Waals surface area (Å²) in [6, 6.07) is 2.76. The Morgan fingerprint density at radius 2 is 2.16 bits per heavy atom. The van der Waals surface area contributed by atoms with Crippen molar-refractivity contribution in [1.29, 1.82) is 0 Å². The fourth-order valence-corrected chi connectivity index (χ4v) is 3.57. The Bertz CT molecular complexity index is 957. The van der Waals surface area contributed by atoms with Gasteiger partial charge in [0.05, 0.1) is 36.7 Å². The number of ether oxygens (including phenoxy) is 1. The number of hydrogen-bond acceptors (Lipinski definition) is 6. The summed E-state index contributed by atoms with van der Waals surface area (Å²) in [5.74, 6) is -2.88. The number of anilines is 1. The van der Waals surface area contributed by atoms with Crippen LogP contribution in [-0.4, -0.2) is 57.4 Å². The summed E-state index contributed by atoms with van der Waals surface area (Å²) < 4.78 is 34.7. The highest BCUT2D eigenvalue weighted by Gasteiger charge is 2.47. The highest BCUT2D eigenvalue weighted by molar-refractivity contribution is 5.93. The monoisotopic (exact) mass is 433 g/mol. The normalized spacial score (nSPS) is 22.0. The van der Waals surface area contributed by atoms with Crippen LogP contribution in [0.3, 0.4) is 0 Å². The van der Waals surface area contributed by atoms with Crippen molar-refractivity contribution in [2.45, 2.75) is 44.1 Å². The zero-order valence-corrected chi connectivity index (χ0v) is 17.2. The second kappa shape index (κ2) is 8.70. The molecule has 1 aliphatic carbocycles. The van der Waals surface area contributed by atoms with Crippen molar-refractivity contribution in [1.82, 2.24) is 19.9 Å². The number of likely N-dealkylation sites (tertiary alicyclic amines) is 1. The number of rotatable bonds is 7. The maximum atomic E-state index is 14.5. The van der Waals surface area contributed by atoms with Gasteiger partial charge in [-0.05, 0) is 37.8 Å². The molecule has 10 heteroatoms. The molecule has 2 aromatic heterocycles. The number of nitrogens with one attached hydrogen (secondary N) is 2. The van der Waals surface area contributed by atoms with Gasteiger partial charge < -0.3 is 15.0 Å². The van der Waals surface area contributed by atoms with Crippen molar-refractivity contribution in [2.75, 3.05) is 25.0 Å². The van der Waals surface area contributed by atoms with Gasteiger partial charge in [-0.3, -0.25) is 19.5 Å². The summed E-state index contributed by atoms with van der Waals surface area (Å²) in [5.41, 5.74) is -0.353. The molecule has 2 atom stereocenters. The molecule has 2 aliphatic rings. The maximum Gasteiger partial charge on any atom is 0.266 e. The molecule has 1 unspecified atom stereocenters. The summed E-state index contributed by atoms with van der Waals surface area (Å²) in [6.45, 7) is 2.36. The van der Waals surface area contributed by atoms with Crippen LogP contribution < -0.4 is 15.6 Å². The molecule has 0 bridgehead atoms. The van der Waals surface area contributed by atoms with Crippen LogP contribution in [0.1, 0.15) is 37.8 Å². The average molecular weight is 433 g/mol. The number of aromatic nitrogens is 3. The lowest BCUT2D eigenvalue weighted by Crippen LogP contribution is -2.52. The number of halogens is 2. The van der Waals surface area contributed by atoms with Gasteiger partial charge in [-0.1, -0.05) is 0 Å². The fraction of sp³-hybridized carbons (Fsp3) is 0.524. The van der Waals surface area contributed by atoms with Crippen molar-refractivity contribution in [2.24, 2.45) is 5.92 Å². The Hall–Kier alpha value is -2.88. The minimum Gasteiger partial charge on any atom is -0.492 e. The fourth-order valence-electron chi connectivity index (χ4n) is 3.57. The summed E-state index contributed by atoms with van der Waals surface area (Å²) in [5, 5.41) is 2.73. The van der Waals surface area contributed by atoms with E-state index in [2.05, 4.69) is 20.3 Å². The van der Waals surface area contributed by atoms with Crippen LogP contribution >= 0.6 is 0 Å². The molecule has 166 valence electrons. The summed E-state index contributed by atoms with van der Waals surface area (Å²) in [6.07, 6.45) is 5.75. The highest BCUT2D eigenvalue weighted by atomic mass is 19.3. The van der Waals surface area contributed by atoms with Crippen molar-refractivity contribution in [3.8, 4) is 5.75 Å². The molecule has 0 aromatic carbocycles. The second-order valence-corrected chi connectivity index (χ2v) is 8.19. The van der Waals surface area contributed by atoms with E-state index in [0.29, 0.717) is 24.1 Å². The third-order valence-corrected chi connectivity index (χ3v) is 5.81. The van der Waals surface area contributed by atoms with Crippen LogP contribution in [0.15, 0.2) is 35.5 Å². The Morgan fingerprint density at radius 3 is 2.81 bits per heavy atom. The van der Waals surface area contributed by atoms with E-state index in [1.165, 1.54) is 19.0 Å². The van der Waals surface area contributed by atoms with Gasteiger partial charge in [0, 0.05) is 25.7 Å². The molecule has 2 N–H and O–H groups in total. The van der Waals surface area contributed by atoms with E-state index >= 15 is 0 Å². The molecule has 1 amide bonds. The van der Waals surface area contributed by atoms with Gasteiger partial charge in [-0.15, -0.1) is 0 Å². The smallest absolute Gasteiger partial charge is 0.266 e. The number of H-pyrrole nitrogens is 1. The van der Waals surface area contributed by atoms with Crippen molar-refractivity contribution in [3.63, 3.8) is 0 Å². The third kappa shape index (κ3) is 5.25. The van der Waals surface area contributed by atoms with E-state index in [-0.39, 0.29) is 24.7 Å². The standard InChI is InChI=1S/C21H25F2N5O3/c1-13(20(30)27-18-5-4-15(8-25-18)31-12-14-2-3-14)28-7-6-21(22,23)16(11-28)17-9-26-19(29)10-24-17/h4-5,8-10,13-14,16H,2-3,6-7,11-12H2,1H3,(H,26,29)(H,25,27,30)/t13?,16-/m1/s1. The van der Waals surface area contributed by atoms with Gasteiger partial charge in [-0.2, -0.15) is 0 Å². The van der Waals surface area contributed by atoms with Crippen LogP contribution in [0.25, 0.3) is 0 Å². The second-order valence-electron chi connectivity index (χ2n) is 8.19. The van der Waals surface area contributed by atoms with Crippen molar-refractivity contribution in [3.05, 3.63) is 46.8 Å². The summed E-state index contributed by atoms with van der Waals surface area (Å²) >= 11 is 0. The molecule has 1 saturated carbocycles. The Balaban J connectivity index is 1.37. The number of hydrogen-bond donors (Lipinski definition) is 2. The Labute approximate surface area is 178 Å². The first kappa shape index (κ1) is 21.4. The molecule has 4 rings (SSSR count). The highest BCUT2D eigenvalue weighted by Crippen LogP contribution is 2.39. The number of alkyl halides is 2. The molecule has 0 radical (unpaired) electrons. The van der Waals surface area contributed by atoms with Gasteiger partial charge in [-0.25, -0.2) is 13.8 Å². The van der Waals surface area contributed by atoms with Crippen LogP contribution in [0.5, 0.6) is 5.75 Å². The van der Waals surface area contributed by atoms with E-state index < -0.39 is 29.9 Å². The van der Waals surface area contributed by atoms with Crippen LogP contribution in [0.4, 0.5) is 14.6 Å². The summed E-state index contributed by atoms with van der Waals surface area (Å²) in [7, 11) is 0. The van der Waals surface area contributed by atoms with E-state index in [9.17, 15) is 18.4 Å². The molecule has 2 fully saturated rings. The van der Waals surface area contributed by atoms with E-state index in [1.807, 2.05) is 0 Å². The van der Waals surface area contributed by atoms with Crippen molar-refractivity contribution < 1.29 is 18.3 Å². The molecule has 3 heterocycles. The number of nitrogens with zero attached hydrogens (tertiary/aromatic N) is 3. The lowest BCUT2D eigenvalue weighted by atomic mass is 9.90. The molecule has 2 aromatic rings. The van der Waals surface area contributed by atoms with E-state index in [1.54, 1.807) is 30.2 Å². The molecule has 8 nitrogen and oxygen atoms in total. The lowest BCUT2D eigenvalue weighted by molar-refractivity contribution is -0.125. The number of piperidine rings is 1. The number of amides is 1. The molecule has 1 aliphatic heterocycles. The van der Waals surface area contributed by atoms with E-state index in [4.69, 9.17) is 4.74 Å². The lowest BCUT2D eigenvalue weighted by Gasteiger charge is -2.40. The first-order valence-electron chi connectivity index (χ1n) is 10.4. The third-order valence-electron chi connectivity index (χ3n) is 5.81. The first-order valence-corrected chi connectivity index (χ1v) is 10.4. The number of carbonyl (C=O) groups is 1. The predicted octanol–water partition coefficient (Wildman–Crippen LogP) is 2.41. The molecular formula is C21H25F2N5O3. The predicted molar refractivity (Wildman–Crippen MR) is 109 cm³/mol. The zero-order chi connectivity index (χ0) is 22.0. The average Bonchev–Trinajstić information content (AvgIpc) is 3.58. The van der Waals surface area contributed by atoms with Crippen molar-refractivity contribution >= 4 is 11.7 Å². The molecule has 1 saturated heterocycles. The number of pyridine rings is 1. The zero-order valence-electron chi connectivity index (χ0n) is 17.2. The number of aromatic amines is 1. The summed E-state index contributed by atoms with van der Waals surface area (Å²) in [4.78, 5) is 36.1. The van der Waals surface area contributed by atoms with Gasteiger partial charge in [0.25, 0.3) is 11.5 Å².